The molecule has 0 fully saturated rings. The minimum atomic E-state index is -1.87. The predicted octanol–water partition coefficient (Wildman–Crippen LogP) is 6.04. The van der Waals surface area contributed by atoms with Crippen LogP contribution < -0.4 is 0 Å². The Bertz CT molecular complexity index is 1180. The average Bonchev–Trinajstić information content (AvgIpc) is 3.29. The topological polar surface area (TPSA) is 41.6 Å². The second-order valence-corrected chi connectivity index (χ2v) is 7.57. The highest BCUT2D eigenvalue weighted by atomic mass is 32.1. The van der Waals surface area contributed by atoms with Crippen LogP contribution in [0.5, 0.6) is 0 Å². The number of H-pyrrole nitrogens is 1. The van der Waals surface area contributed by atoms with Crippen molar-refractivity contribution in [1.29, 1.82) is 0 Å². The first-order chi connectivity index (χ1) is 13.3. The summed E-state index contributed by atoms with van der Waals surface area (Å²) in [6, 6.07) is 7.75. The van der Waals surface area contributed by atoms with Crippen LogP contribution in [0.25, 0.3) is 33.1 Å². The number of hydrogen-bond acceptors (Lipinski definition) is 3. The monoisotopic (exact) mass is 403 g/mol. The number of aryl methyl sites for hydroxylation is 2. The first kappa shape index (κ1) is 18.4. The molecule has 1 N–H and O–H groups in total. The normalized spacial score (nSPS) is 11.2. The number of aromatic amines is 1. The Balaban J connectivity index is 1.68. The molecule has 3 nitrogen and oxygen atoms in total. The van der Waals surface area contributed by atoms with Gasteiger partial charge in [-0.15, -0.1) is 11.3 Å². The summed E-state index contributed by atoms with van der Waals surface area (Å²) in [6.07, 6.45) is 1.71. The summed E-state index contributed by atoms with van der Waals surface area (Å²) in [5, 5.41) is 6.54. The Labute approximate surface area is 161 Å². The first-order valence-electron chi connectivity index (χ1n) is 8.27. The van der Waals surface area contributed by atoms with E-state index in [-0.39, 0.29) is 5.69 Å². The van der Waals surface area contributed by atoms with E-state index in [4.69, 9.17) is 0 Å². The molecule has 0 amide bonds. The lowest BCUT2D eigenvalue weighted by atomic mass is 10.1. The first-order valence-corrected chi connectivity index (χ1v) is 9.09. The van der Waals surface area contributed by atoms with Crippen LogP contribution in [0.2, 0.25) is 0 Å². The summed E-state index contributed by atoms with van der Waals surface area (Å²) in [5.74, 6) is -6.71. The number of thiophene rings is 1. The number of nitrogens with one attached hydrogen (secondary N) is 1. The van der Waals surface area contributed by atoms with Crippen molar-refractivity contribution in [3.8, 4) is 33.1 Å². The van der Waals surface area contributed by atoms with Crippen LogP contribution in [-0.2, 0) is 0 Å². The van der Waals surface area contributed by atoms with Crippen molar-refractivity contribution in [3.63, 3.8) is 0 Å². The number of hydrogen-bond donors (Lipinski definition) is 1. The van der Waals surface area contributed by atoms with Gasteiger partial charge in [-0.3, -0.25) is 10.1 Å². The third-order valence-corrected chi connectivity index (χ3v) is 5.50. The third-order valence-electron chi connectivity index (χ3n) is 4.30. The van der Waals surface area contributed by atoms with Crippen LogP contribution in [0.4, 0.5) is 17.6 Å². The van der Waals surface area contributed by atoms with Gasteiger partial charge in [0.1, 0.15) is 0 Å². The minimum absolute atomic E-state index is 0.0547. The molecule has 0 aliphatic carbocycles. The van der Waals surface area contributed by atoms with E-state index in [1.54, 1.807) is 23.6 Å². The van der Waals surface area contributed by atoms with Crippen molar-refractivity contribution in [3.05, 3.63) is 70.2 Å². The van der Waals surface area contributed by atoms with Crippen molar-refractivity contribution < 1.29 is 17.6 Å². The quantitative estimate of drug-likeness (QED) is 0.257. The standard InChI is InChI=1S/C20H13F4N3S/c1-9-5-10(2)28-20(9)11-3-4-14(25-8-11)16-7-15(26-27-16)12-6-13(21)18(23)19(24)17(12)22/h3-8H,1-2H3,(H,26,27). The van der Waals surface area contributed by atoms with Gasteiger partial charge in [0.2, 0.25) is 0 Å². The minimum Gasteiger partial charge on any atom is -0.276 e. The fourth-order valence-electron chi connectivity index (χ4n) is 2.97. The molecule has 4 rings (SSSR count). The molecule has 0 aliphatic rings. The summed E-state index contributed by atoms with van der Waals surface area (Å²) in [6.45, 7) is 4.07. The van der Waals surface area contributed by atoms with E-state index in [1.165, 1.54) is 10.9 Å². The van der Waals surface area contributed by atoms with Crippen LogP contribution in [0, 0.1) is 37.1 Å². The molecule has 0 spiro atoms. The Morgan fingerprint density at radius 3 is 2.32 bits per heavy atom. The van der Waals surface area contributed by atoms with Gasteiger partial charge in [0.05, 0.1) is 17.1 Å². The zero-order chi connectivity index (χ0) is 20.0. The fraction of sp³-hybridized carbons (Fsp3) is 0.100. The highest BCUT2D eigenvalue weighted by molar-refractivity contribution is 7.15. The van der Waals surface area contributed by atoms with Crippen LogP contribution in [0.1, 0.15) is 10.4 Å². The second kappa shape index (κ2) is 6.87. The van der Waals surface area contributed by atoms with E-state index in [0.717, 1.165) is 16.0 Å². The van der Waals surface area contributed by atoms with E-state index >= 15 is 0 Å². The number of nitrogens with zero attached hydrogens (tertiary/aromatic N) is 2. The van der Waals surface area contributed by atoms with E-state index in [2.05, 4.69) is 21.2 Å². The Hall–Kier alpha value is -3.00. The summed E-state index contributed by atoms with van der Waals surface area (Å²) >= 11 is 1.67. The molecule has 0 saturated carbocycles. The van der Waals surface area contributed by atoms with E-state index in [0.29, 0.717) is 17.5 Å². The summed E-state index contributed by atoms with van der Waals surface area (Å²) in [5.41, 5.74) is 2.56. The zero-order valence-electron chi connectivity index (χ0n) is 14.8. The van der Waals surface area contributed by atoms with Crippen molar-refractivity contribution in [2.24, 2.45) is 0 Å². The van der Waals surface area contributed by atoms with Gasteiger partial charge in [0, 0.05) is 27.1 Å². The maximum Gasteiger partial charge on any atom is 0.198 e. The van der Waals surface area contributed by atoms with Crippen molar-refractivity contribution in [1.82, 2.24) is 15.2 Å². The van der Waals surface area contributed by atoms with Crippen LogP contribution in [0.3, 0.4) is 0 Å². The van der Waals surface area contributed by atoms with Crippen molar-refractivity contribution in [2.45, 2.75) is 13.8 Å². The smallest absolute Gasteiger partial charge is 0.198 e. The molecule has 4 aromatic rings. The van der Waals surface area contributed by atoms with Gasteiger partial charge >= 0.3 is 0 Å². The van der Waals surface area contributed by atoms with Gasteiger partial charge < -0.3 is 0 Å². The third kappa shape index (κ3) is 3.09. The van der Waals surface area contributed by atoms with Crippen LogP contribution >= 0.6 is 11.3 Å². The number of benzene rings is 1. The van der Waals surface area contributed by atoms with E-state index in [9.17, 15) is 17.6 Å². The summed E-state index contributed by atoms with van der Waals surface area (Å²) in [4.78, 5) is 6.72. The molecular formula is C20H13F4N3S. The number of halogens is 4. The number of aromatic nitrogens is 3. The van der Waals surface area contributed by atoms with Gasteiger partial charge in [-0.2, -0.15) is 5.10 Å². The van der Waals surface area contributed by atoms with Gasteiger partial charge in [0.15, 0.2) is 23.3 Å². The number of pyridine rings is 1. The molecule has 0 saturated heterocycles. The molecule has 0 unspecified atom stereocenters. The fourth-order valence-corrected chi connectivity index (χ4v) is 3.98. The predicted molar refractivity (Wildman–Crippen MR) is 99.9 cm³/mol. The molecule has 1 aromatic carbocycles. The molecule has 3 heterocycles. The van der Waals surface area contributed by atoms with Gasteiger partial charge in [0.25, 0.3) is 0 Å². The SMILES string of the molecule is Cc1cc(C)c(-c2ccc(-c3cc(-c4cc(F)c(F)c(F)c4F)n[nH]3)nc2)s1. The molecule has 0 bridgehead atoms. The molecular weight excluding hydrogens is 390 g/mol. The van der Waals surface area contributed by atoms with Crippen LogP contribution in [-0.4, -0.2) is 15.2 Å². The van der Waals surface area contributed by atoms with E-state index < -0.39 is 28.8 Å². The van der Waals surface area contributed by atoms with Crippen LogP contribution in [0.15, 0.2) is 36.5 Å². The zero-order valence-corrected chi connectivity index (χ0v) is 15.6. The molecule has 28 heavy (non-hydrogen) atoms. The van der Waals surface area contributed by atoms with E-state index in [1.807, 2.05) is 19.9 Å². The average molecular weight is 403 g/mol. The summed E-state index contributed by atoms with van der Waals surface area (Å²) < 4.78 is 54.0. The summed E-state index contributed by atoms with van der Waals surface area (Å²) in [7, 11) is 0. The van der Waals surface area contributed by atoms with Crippen molar-refractivity contribution >= 4 is 11.3 Å². The van der Waals surface area contributed by atoms with Gasteiger partial charge in [-0.1, -0.05) is 0 Å². The lowest BCUT2D eigenvalue weighted by molar-refractivity contribution is 0.410. The largest absolute Gasteiger partial charge is 0.276 e. The maximum absolute atomic E-state index is 14.0. The highest BCUT2D eigenvalue weighted by Gasteiger charge is 2.21. The van der Waals surface area contributed by atoms with Crippen molar-refractivity contribution in [2.75, 3.05) is 0 Å². The van der Waals surface area contributed by atoms with Gasteiger partial charge in [-0.05, 0) is 49.7 Å². The highest BCUT2D eigenvalue weighted by Crippen LogP contribution is 2.33. The lowest BCUT2D eigenvalue weighted by Crippen LogP contribution is -1.98. The molecule has 0 aliphatic heterocycles. The molecule has 8 heteroatoms. The maximum atomic E-state index is 14.0. The Morgan fingerprint density at radius 1 is 0.893 bits per heavy atom. The lowest BCUT2D eigenvalue weighted by Gasteiger charge is -2.03. The van der Waals surface area contributed by atoms with Gasteiger partial charge in [-0.25, -0.2) is 17.6 Å². The molecule has 0 radical (unpaired) electrons. The molecule has 3 aromatic heterocycles. The Kier molecular flexibility index (Phi) is 4.50. The molecule has 0 atom stereocenters. The Morgan fingerprint density at radius 2 is 1.68 bits per heavy atom. The molecule has 142 valence electrons. The second-order valence-electron chi connectivity index (χ2n) is 6.32. The number of rotatable bonds is 3.